The first-order valence-corrected chi connectivity index (χ1v) is 12.3. The molecule has 0 N–H and O–H groups in total. The van der Waals surface area contributed by atoms with Crippen LogP contribution in [-0.2, 0) is 10.3 Å². The predicted octanol–water partition coefficient (Wildman–Crippen LogP) is 8.59. The molecule has 0 aliphatic heterocycles. The Bertz CT molecular complexity index is 1290. The van der Waals surface area contributed by atoms with Crippen LogP contribution >= 0.6 is 22.2 Å². The number of hydrogen-bond acceptors (Lipinski definition) is 3. The molecule has 0 saturated heterocycles. The SMILES string of the molecule is Cc1c[s+](-c2ccc(C(=O)OC(C)(C)c3ccc(SC(F)(F)F)cc3)cc2)c2ccccc12. The summed E-state index contributed by atoms with van der Waals surface area (Å²) in [6, 6.07) is 21.6. The van der Waals surface area contributed by atoms with Crippen molar-refractivity contribution in [2.45, 2.75) is 36.8 Å². The molecule has 1 heterocycles. The first-order valence-electron chi connectivity index (χ1n) is 10.2. The molecule has 7 heteroatoms. The number of rotatable bonds is 5. The van der Waals surface area contributed by atoms with Crippen LogP contribution in [0.5, 0.6) is 0 Å². The Kier molecular flexibility index (Phi) is 6.29. The summed E-state index contributed by atoms with van der Waals surface area (Å²) in [6.07, 6.45) is 0. The highest BCUT2D eigenvalue weighted by Gasteiger charge is 2.30. The van der Waals surface area contributed by atoms with E-state index in [0.717, 1.165) is 4.90 Å². The molecule has 1 unspecified atom stereocenters. The lowest BCUT2D eigenvalue weighted by molar-refractivity contribution is -0.0328. The monoisotopic (exact) mass is 487 g/mol. The van der Waals surface area contributed by atoms with Crippen molar-refractivity contribution in [2.24, 2.45) is 0 Å². The number of benzene rings is 3. The minimum atomic E-state index is -4.34. The van der Waals surface area contributed by atoms with Crippen molar-refractivity contribution < 1.29 is 22.7 Å². The number of esters is 1. The Hall–Kier alpha value is -2.77. The third kappa shape index (κ3) is 5.25. The average Bonchev–Trinajstić information content (AvgIpc) is 3.10. The molecule has 0 saturated carbocycles. The van der Waals surface area contributed by atoms with E-state index in [9.17, 15) is 18.0 Å². The smallest absolute Gasteiger partial charge is 0.446 e. The molecule has 0 aliphatic carbocycles. The molecule has 1 atom stereocenters. The van der Waals surface area contributed by atoms with Crippen LogP contribution in [0, 0.1) is 6.92 Å². The summed E-state index contributed by atoms with van der Waals surface area (Å²) < 4.78 is 44.6. The van der Waals surface area contributed by atoms with E-state index < -0.39 is 17.1 Å². The van der Waals surface area contributed by atoms with Crippen molar-refractivity contribution in [2.75, 3.05) is 0 Å². The van der Waals surface area contributed by atoms with Crippen LogP contribution in [0.4, 0.5) is 13.2 Å². The van der Waals surface area contributed by atoms with Gasteiger partial charge in [-0.1, -0.05) is 24.3 Å². The highest BCUT2D eigenvalue weighted by Crippen LogP contribution is 2.42. The lowest BCUT2D eigenvalue weighted by atomic mass is 9.98. The number of fused-ring (bicyclic) bond motifs is 1. The molecule has 4 rings (SSSR count). The second-order valence-electron chi connectivity index (χ2n) is 8.13. The number of carbonyl (C=O) groups is 1. The largest absolute Gasteiger partial charge is 0.451 e. The maximum atomic E-state index is 12.8. The second kappa shape index (κ2) is 8.88. The van der Waals surface area contributed by atoms with Gasteiger partial charge in [0.15, 0.2) is 9.60 Å². The van der Waals surface area contributed by atoms with E-state index in [4.69, 9.17) is 4.74 Å². The topological polar surface area (TPSA) is 26.3 Å². The van der Waals surface area contributed by atoms with E-state index in [1.807, 2.05) is 24.3 Å². The quantitative estimate of drug-likeness (QED) is 0.160. The summed E-state index contributed by atoms with van der Waals surface area (Å²) >= 11 is -0.173. The lowest BCUT2D eigenvalue weighted by Gasteiger charge is -2.26. The van der Waals surface area contributed by atoms with Crippen molar-refractivity contribution in [1.82, 2.24) is 0 Å². The van der Waals surface area contributed by atoms with Crippen molar-refractivity contribution in [3.63, 3.8) is 0 Å². The van der Waals surface area contributed by atoms with E-state index in [1.165, 1.54) is 27.8 Å². The molecular formula is C26H22F3O2S2+. The molecule has 170 valence electrons. The number of carbonyl (C=O) groups excluding carboxylic acids is 1. The van der Waals surface area contributed by atoms with Gasteiger partial charge in [-0.25, -0.2) is 4.79 Å². The average molecular weight is 488 g/mol. The summed E-state index contributed by atoms with van der Waals surface area (Å²) in [6.45, 7) is 5.54. The standard InChI is InChI=1S/C26H22F3O2S2/c1-17-16-33(23-7-5-4-6-22(17)23)21-14-8-18(9-15-21)24(30)31-25(2,3)19-10-12-20(13-11-19)32-26(27,28)29/h4-16H,1-3H3/q+1. The number of alkyl halides is 3. The minimum absolute atomic E-state index is 0.0857. The van der Waals surface area contributed by atoms with Gasteiger partial charge < -0.3 is 4.74 Å². The van der Waals surface area contributed by atoms with Gasteiger partial charge in [-0.05, 0) is 86.6 Å². The van der Waals surface area contributed by atoms with Gasteiger partial charge in [0.25, 0.3) is 0 Å². The van der Waals surface area contributed by atoms with Gasteiger partial charge in [-0.15, -0.1) is 0 Å². The molecule has 0 spiro atoms. The first kappa shape index (κ1) is 23.4. The van der Waals surface area contributed by atoms with Gasteiger partial charge in [-0.3, -0.25) is 0 Å². The van der Waals surface area contributed by atoms with Crippen LogP contribution in [0.3, 0.4) is 0 Å². The zero-order valence-electron chi connectivity index (χ0n) is 18.3. The van der Waals surface area contributed by atoms with Crippen molar-refractivity contribution in [3.8, 4) is 4.90 Å². The number of thiophene rings is 1. The maximum absolute atomic E-state index is 12.8. The summed E-state index contributed by atoms with van der Waals surface area (Å²) in [5.74, 6) is -0.484. The summed E-state index contributed by atoms with van der Waals surface area (Å²) in [5.41, 5.74) is -3.05. The first-order chi connectivity index (χ1) is 15.5. The van der Waals surface area contributed by atoms with E-state index in [0.29, 0.717) is 11.1 Å². The molecule has 3 aromatic carbocycles. The van der Waals surface area contributed by atoms with E-state index in [2.05, 4.69) is 24.4 Å². The van der Waals surface area contributed by atoms with Gasteiger partial charge in [-0.2, -0.15) is 13.2 Å². The molecule has 1 aromatic heterocycles. The zero-order chi connectivity index (χ0) is 23.8. The molecular weight excluding hydrogens is 465 g/mol. The Labute approximate surface area is 197 Å². The Balaban J connectivity index is 1.50. The van der Waals surface area contributed by atoms with E-state index in [-0.39, 0.29) is 27.1 Å². The summed E-state index contributed by atoms with van der Waals surface area (Å²) in [4.78, 5) is 14.0. The number of ether oxygens (including phenoxy) is 1. The molecule has 4 aromatic rings. The normalized spacial score (nSPS) is 12.7. The fourth-order valence-corrected chi connectivity index (χ4v) is 6.29. The van der Waals surface area contributed by atoms with Crippen molar-refractivity contribution in [3.05, 3.63) is 94.9 Å². The van der Waals surface area contributed by atoms with Crippen LogP contribution in [0.1, 0.15) is 35.3 Å². The maximum Gasteiger partial charge on any atom is 0.446 e. The van der Waals surface area contributed by atoms with Gasteiger partial charge in [0, 0.05) is 26.3 Å². The van der Waals surface area contributed by atoms with Crippen LogP contribution in [0.25, 0.3) is 15.0 Å². The number of aryl methyl sites for hydroxylation is 1. The van der Waals surface area contributed by atoms with E-state index in [1.54, 1.807) is 38.1 Å². The Morgan fingerprint density at radius 3 is 2.18 bits per heavy atom. The molecule has 0 radical (unpaired) electrons. The number of halogens is 3. The Morgan fingerprint density at radius 1 is 0.909 bits per heavy atom. The summed E-state index contributed by atoms with van der Waals surface area (Å²) in [5, 5.41) is 3.51. The molecule has 33 heavy (non-hydrogen) atoms. The van der Waals surface area contributed by atoms with Gasteiger partial charge in [0.1, 0.15) is 11.0 Å². The highest BCUT2D eigenvalue weighted by atomic mass is 32.2. The third-order valence-electron chi connectivity index (χ3n) is 5.32. The van der Waals surface area contributed by atoms with Crippen LogP contribution < -0.4 is 0 Å². The van der Waals surface area contributed by atoms with Crippen LogP contribution in [-0.4, -0.2) is 11.5 Å². The summed E-state index contributed by atoms with van der Waals surface area (Å²) in [7, 11) is -0.172. The molecule has 0 bridgehead atoms. The van der Waals surface area contributed by atoms with E-state index >= 15 is 0 Å². The third-order valence-corrected chi connectivity index (χ3v) is 8.26. The minimum Gasteiger partial charge on any atom is -0.451 e. The van der Waals surface area contributed by atoms with Crippen LogP contribution in [0.2, 0.25) is 0 Å². The van der Waals surface area contributed by atoms with Crippen LogP contribution in [0.15, 0.2) is 83.1 Å². The predicted molar refractivity (Wildman–Crippen MR) is 129 cm³/mol. The van der Waals surface area contributed by atoms with Gasteiger partial charge in [0.2, 0.25) is 0 Å². The highest BCUT2D eigenvalue weighted by molar-refractivity contribution is 8.00. The fraction of sp³-hybridized carbons (Fsp3) is 0.192. The van der Waals surface area contributed by atoms with Gasteiger partial charge in [0.05, 0.1) is 5.56 Å². The molecule has 0 fully saturated rings. The molecule has 2 nitrogen and oxygen atoms in total. The van der Waals surface area contributed by atoms with Crippen molar-refractivity contribution in [1.29, 1.82) is 0 Å². The van der Waals surface area contributed by atoms with Crippen molar-refractivity contribution >= 4 is 38.3 Å². The fourth-order valence-electron chi connectivity index (χ4n) is 3.63. The number of hydrogen-bond donors (Lipinski definition) is 0. The lowest BCUT2D eigenvalue weighted by Crippen LogP contribution is -2.25. The number of thioether (sulfide) groups is 1. The zero-order valence-corrected chi connectivity index (χ0v) is 19.9. The molecule has 0 amide bonds. The Morgan fingerprint density at radius 2 is 1.55 bits per heavy atom. The van der Waals surface area contributed by atoms with Gasteiger partial charge >= 0.3 is 11.5 Å². The second-order valence-corrected chi connectivity index (χ2v) is 11.1. The molecule has 0 aliphatic rings.